The highest BCUT2D eigenvalue weighted by Crippen LogP contribution is 2.21. The lowest BCUT2D eigenvalue weighted by atomic mass is 10.0. The molecule has 1 fully saturated rings. The van der Waals surface area contributed by atoms with Crippen molar-refractivity contribution >= 4 is 0 Å². The van der Waals surface area contributed by atoms with Crippen LogP contribution in [0.5, 0.6) is 5.75 Å². The van der Waals surface area contributed by atoms with Gasteiger partial charge in [-0.1, -0.05) is 6.07 Å². The first kappa shape index (κ1) is 15.3. The topological polar surface area (TPSA) is 47.7 Å². The third-order valence-corrected chi connectivity index (χ3v) is 3.84. The predicted molar refractivity (Wildman–Crippen MR) is 80.8 cm³/mol. The van der Waals surface area contributed by atoms with Crippen LogP contribution in [0, 0.1) is 5.92 Å². The van der Waals surface area contributed by atoms with Gasteiger partial charge in [-0.3, -0.25) is 0 Å². The summed E-state index contributed by atoms with van der Waals surface area (Å²) in [5, 5.41) is 0. The largest absolute Gasteiger partial charge is 0.496 e. The van der Waals surface area contributed by atoms with Gasteiger partial charge in [0.25, 0.3) is 0 Å². The van der Waals surface area contributed by atoms with Crippen LogP contribution in [-0.4, -0.2) is 38.8 Å². The molecular weight excluding hydrogens is 252 g/mol. The summed E-state index contributed by atoms with van der Waals surface area (Å²) in [6, 6.07) is 6.27. The van der Waals surface area contributed by atoms with Crippen LogP contribution in [0.4, 0.5) is 0 Å². The van der Waals surface area contributed by atoms with E-state index < -0.39 is 0 Å². The molecule has 0 amide bonds. The lowest BCUT2D eigenvalue weighted by Gasteiger charge is -2.27. The van der Waals surface area contributed by atoms with Crippen LogP contribution >= 0.6 is 0 Å². The van der Waals surface area contributed by atoms with Crippen LogP contribution in [0.25, 0.3) is 0 Å². The minimum atomic E-state index is 0.511. The molecule has 0 radical (unpaired) electrons. The molecular formula is C16H26N2O2. The minimum absolute atomic E-state index is 0.511. The Bertz CT molecular complexity index is 417. The average molecular weight is 278 g/mol. The SMILES string of the molecule is COc1ccc(CN(C)CC2CCCOC2)cc1CN. The Labute approximate surface area is 121 Å². The summed E-state index contributed by atoms with van der Waals surface area (Å²) in [4.78, 5) is 2.36. The van der Waals surface area contributed by atoms with Crippen molar-refractivity contribution in [3.63, 3.8) is 0 Å². The van der Waals surface area contributed by atoms with Gasteiger partial charge in [-0.15, -0.1) is 0 Å². The van der Waals surface area contributed by atoms with E-state index in [0.717, 1.165) is 37.6 Å². The van der Waals surface area contributed by atoms with E-state index >= 15 is 0 Å². The maximum atomic E-state index is 5.77. The number of ether oxygens (including phenoxy) is 2. The standard InChI is InChI=1S/C16H26N2O2/c1-18(11-14-4-3-7-20-12-14)10-13-5-6-16(19-2)15(8-13)9-17/h5-6,8,14H,3-4,7,9-12,17H2,1-2H3. The molecule has 112 valence electrons. The van der Waals surface area contributed by atoms with Gasteiger partial charge < -0.3 is 20.1 Å². The van der Waals surface area contributed by atoms with E-state index in [1.54, 1.807) is 7.11 Å². The molecule has 0 aromatic heterocycles. The van der Waals surface area contributed by atoms with Crippen molar-refractivity contribution in [2.75, 3.05) is 33.9 Å². The van der Waals surface area contributed by atoms with E-state index in [2.05, 4.69) is 24.1 Å². The first-order chi connectivity index (χ1) is 9.72. The molecule has 2 rings (SSSR count). The Kier molecular flexibility index (Phi) is 5.83. The number of hydrogen-bond donors (Lipinski definition) is 1. The zero-order valence-electron chi connectivity index (χ0n) is 12.6. The summed E-state index contributed by atoms with van der Waals surface area (Å²) in [6.45, 7) is 4.37. The predicted octanol–water partition coefficient (Wildman–Crippen LogP) is 2.01. The Morgan fingerprint density at radius 3 is 2.95 bits per heavy atom. The summed E-state index contributed by atoms with van der Waals surface area (Å²) in [6.07, 6.45) is 2.47. The third kappa shape index (κ3) is 4.20. The quantitative estimate of drug-likeness (QED) is 0.865. The highest BCUT2D eigenvalue weighted by Gasteiger charge is 2.16. The van der Waals surface area contributed by atoms with E-state index in [4.69, 9.17) is 15.2 Å². The van der Waals surface area contributed by atoms with E-state index in [1.165, 1.54) is 18.4 Å². The zero-order chi connectivity index (χ0) is 14.4. The fourth-order valence-corrected chi connectivity index (χ4v) is 2.86. The molecule has 1 atom stereocenters. The highest BCUT2D eigenvalue weighted by molar-refractivity contribution is 5.37. The number of rotatable bonds is 6. The maximum absolute atomic E-state index is 5.77. The van der Waals surface area contributed by atoms with Crippen LogP contribution in [0.2, 0.25) is 0 Å². The van der Waals surface area contributed by atoms with Crippen molar-refractivity contribution in [2.45, 2.75) is 25.9 Å². The van der Waals surface area contributed by atoms with Crippen LogP contribution in [0.3, 0.4) is 0 Å². The second-order valence-electron chi connectivity index (χ2n) is 5.63. The molecule has 2 N–H and O–H groups in total. The van der Waals surface area contributed by atoms with Crippen LogP contribution in [0.1, 0.15) is 24.0 Å². The van der Waals surface area contributed by atoms with Crippen molar-refractivity contribution in [1.29, 1.82) is 0 Å². The Morgan fingerprint density at radius 1 is 1.45 bits per heavy atom. The number of nitrogens with two attached hydrogens (primary N) is 1. The lowest BCUT2D eigenvalue weighted by Crippen LogP contribution is -2.30. The number of hydrogen-bond acceptors (Lipinski definition) is 4. The molecule has 0 spiro atoms. The smallest absolute Gasteiger partial charge is 0.123 e. The van der Waals surface area contributed by atoms with Crippen LogP contribution in [0.15, 0.2) is 18.2 Å². The first-order valence-corrected chi connectivity index (χ1v) is 7.35. The molecule has 0 saturated carbocycles. The Hall–Kier alpha value is -1.10. The molecule has 4 heteroatoms. The highest BCUT2D eigenvalue weighted by atomic mass is 16.5. The van der Waals surface area contributed by atoms with E-state index in [9.17, 15) is 0 Å². The lowest BCUT2D eigenvalue weighted by molar-refractivity contribution is 0.0411. The molecule has 1 saturated heterocycles. The molecule has 1 aliphatic rings. The minimum Gasteiger partial charge on any atom is -0.496 e. The van der Waals surface area contributed by atoms with Gasteiger partial charge in [0, 0.05) is 31.8 Å². The fraction of sp³-hybridized carbons (Fsp3) is 0.625. The zero-order valence-corrected chi connectivity index (χ0v) is 12.6. The molecule has 1 unspecified atom stereocenters. The van der Waals surface area contributed by atoms with Gasteiger partial charge in [-0.25, -0.2) is 0 Å². The van der Waals surface area contributed by atoms with Gasteiger partial charge >= 0.3 is 0 Å². The van der Waals surface area contributed by atoms with Gasteiger partial charge in [0.05, 0.1) is 13.7 Å². The summed E-state index contributed by atoms with van der Waals surface area (Å²) in [5.74, 6) is 1.54. The first-order valence-electron chi connectivity index (χ1n) is 7.35. The van der Waals surface area contributed by atoms with E-state index in [0.29, 0.717) is 12.5 Å². The molecule has 1 heterocycles. The molecule has 20 heavy (non-hydrogen) atoms. The molecule has 0 bridgehead atoms. The van der Waals surface area contributed by atoms with Crippen molar-refractivity contribution in [3.8, 4) is 5.75 Å². The van der Waals surface area contributed by atoms with Crippen molar-refractivity contribution in [2.24, 2.45) is 11.7 Å². The molecule has 0 aliphatic carbocycles. The van der Waals surface area contributed by atoms with Gasteiger partial charge in [0.15, 0.2) is 0 Å². The second-order valence-corrected chi connectivity index (χ2v) is 5.63. The Morgan fingerprint density at radius 2 is 2.30 bits per heavy atom. The van der Waals surface area contributed by atoms with Crippen LogP contribution in [-0.2, 0) is 17.8 Å². The second kappa shape index (κ2) is 7.62. The summed E-state index contributed by atoms with van der Waals surface area (Å²) in [7, 11) is 3.85. The number of benzene rings is 1. The number of nitrogens with zero attached hydrogens (tertiary/aromatic N) is 1. The van der Waals surface area contributed by atoms with Gasteiger partial charge in [-0.05, 0) is 43.5 Å². The van der Waals surface area contributed by atoms with Crippen molar-refractivity contribution < 1.29 is 9.47 Å². The van der Waals surface area contributed by atoms with E-state index in [-0.39, 0.29) is 0 Å². The van der Waals surface area contributed by atoms with Crippen molar-refractivity contribution in [1.82, 2.24) is 4.90 Å². The summed E-state index contributed by atoms with van der Waals surface area (Å²) >= 11 is 0. The van der Waals surface area contributed by atoms with Gasteiger partial charge in [0.1, 0.15) is 5.75 Å². The normalized spacial score (nSPS) is 19.3. The molecule has 1 aromatic rings. The molecule has 1 aromatic carbocycles. The third-order valence-electron chi connectivity index (χ3n) is 3.84. The average Bonchev–Trinajstić information content (AvgIpc) is 2.48. The molecule has 1 aliphatic heterocycles. The monoisotopic (exact) mass is 278 g/mol. The van der Waals surface area contributed by atoms with Crippen LogP contribution < -0.4 is 10.5 Å². The maximum Gasteiger partial charge on any atom is 0.123 e. The van der Waals surface area contributed by atoms with Gasteiger partial charge in [-0.2, -0.15) is 0 Å². The van der Waals surface area contributed by atoms with Gasteiger partial charge in [0.2, 0.25) is 0 Å². The van der Waals surface area contributed by atoms with Crippen molar-refractivity contribution in [3.05, 3.63) is 29.3 Å². The van der Waals surface area contributed by atoms with E-state index in [1.807, 2.05) is 6.07 Å². The fourth-order valence-electron chi connectivity index (χ4n) is 2.86. The number of methoxy groups -OCH3 is 1. The molecule has 4 nitrogen and oxygen atoms in total. The summed E-state index contributed by atoms with van der Waals surface area (Å²) in [5.41, 5.74) is 8.12. The Balaban J connectivity index is 1.91. The summed E-state index contributed by atoms with van der Waals surface area (Å²) < 4.78 is 10.8.